The minimum Gasteiger partial charge on any atom is -0.401 e. The van der Waals surface area contributed by atoms with Crippen LogP contribution < -0.4 is 0 Å². The van der Waals surface area contributed by atoms with Gasteiger partial charge in [-0.1, -0.05) is 210 Å². The second-order valence-corrected chi connectivity index (χ2v) is 56.6. The van der Waals surface area contributed by atoms with Crippen LogP contribution in [-0.4, -0.2) is 59.9 Å². The van der Waals surface area contributed by atoms with Crippen molar-refractivity contribution in [1.82, 2.24) is 9.97 Å². The summed E-state index contributed by atoms with van der Waals surface area (Å²) in [6.45, 7) is 41.9. The molecule has 16 bridgehead atoms. The van der Waals surface area contributed by atoms with Gasteiger partial charge in [0.1, 0.15) is 33.6 Å². The van der Waals surface area contributed by atoms with Crippen molar-refractivity contribution in [3.05, 3.63) is 216 Å². The maximum Gasteiger partial charge on any atom is 0.194 e. The number of benzene rings is 3. The molecule has 0 N–H and O–H groups in total. The van der Waals surface area contributed by atoms with Gasteiger partial charge in [-0.25, -0.2) is 0 Å². The lowest BCUT2D eigenvalue weighted by molar-refractivity contribution is 0.119. The molecule has 0 amide bonds. The number of nitrogens with zero attached hydrogens (tertiary/aromatic N) is 2. The summed E-state index contributed by atoms with van der Waals surface area (Å²) in [7, 11) is -13.6. The molecule has 0 radical (unpaired) electrons. The highest BCUT2D eigenvalue weighted by Gasteiger charge is 2.51. The van der Waals surface area contributed by atoms with E-state index < -0.39 is 83.5 Å². The molecular weight excluding hydrogens is 1280 g/mol. The van der Waals surface area contributed by atoms with E-state index in [2.05, 4.69) is 307 Å². The second-order valence-electron chi connectivity index (χ2n) is 28.4. The van der Waals surface area contributed by atoms with Gasteiger partial charge in [0.2, 0.25) is 0 Å². The van der Waals surface area contributed by atoms with Gasteiger partial charge in [-0.3, -0.25) is 9.97 Å². The normalized spacial score (nSPS) is 24.1. The molecule has 0 saturated carbocycles. The first-order valence-corrected chi connectivity index (χ1v) is 53.0. The van der Waals surface area contributed by atoms with E-state index in [0.717, 1.165) is 165 Å². The maximum absolute atomic E-state index is 7.92. The zero-order valence-electron chi connectivity index (χ0n) is 62.4. The predicted molar refractivity (Wildman–Crippen MR) is 420 cm³/mol. The molecule has 16 aliphatic rings. The van der Waals surface area contributed by atoms with Crippen LogP contribution in [0.3, 0.4) is 0 Å². The van der Waals surface area contributed by atoms with E-state index in [1.165, 1.54) is 0 Å². The molecule has 2 aromatic heterocycles. The Kier molecular flexibility index (Phi) is 24.2. The number of hydrogen-bond donors (Lipinski definition) is 0. The smallest absolute Gasteiger partial charge is 0.194 e. The molecular formula is C82H120N2O6Si6. The largest absolute Gasteiger partial charge is 0.401 e. The summed E-state index contributed by atoms with van der Waals surface area (Å²) in [5.74, 6) is 0. The van der Waals surface area contributed by atoms with Crippen LogP contribution in [0.15, 0.2) is 182 Å². The lowest BCUT2D eigenvalue weighted by atomic mass is 9.79. The SMILES string of the molecule is CC[Si](CC)(CC)OC12C=CC(O[Si](CC)(CC)CC)(C=C1)c1ccc(cc1)C1(O[Si](CC)(CC)CC)C=CC(O[Si](CC)(CC)CC)(C=C1)c1ccc(cc1)-c1ccc(cn1)C1(O[Si](CC)(CC)CC)C=CC(O[Si](CC)(CC)CC)(C=C1)c1ccc(nc1)-c1ccc2cc1. The summed E-state index contributed by atoms with van der Waals surface area (Å²) in [6.07, 6.45) is 32.3. The van der Waals surface area contributed by atoms with Gasteiger partial charge < -0.3 is 26.6 Å². The summed E-state index contributed by atoms with van der Waals surface area (Å²) in [5.41, 5.74) is 5.31. The lowest BCUT2D eigenvalue weighted by Crippen LogP contribution is -2.48. The molecule has 12 aliphatic carbocycles. The molecule has 14 heteroatoms. The van der Waals surface area contributed by atoms with Gasteiger partial charge in [0.15, 0.2) is 49.9 Å². The Morgan fingerprint density at radius 2 is 0.354 bits per heavy atom. The molecule has 6 heterocycles. The summed E-state index contributed by atoms with van der Waals surface area (Å²) in [4.78, 5) is 10.7. The third-order valence-electron chi connectivity index (χ3n) is 24.9. The Labute approximate surface area is 587 Å². The fraction of sp³-hybridized carbons (Fsp3) is 0.512. The van der Waals surface area contributed by atoms with Gasteiger partial charge >= 0.3 is 0 Å². The van der Waals surface area contributed by atoms with Crippen molar-refractivity contribution in [1.29, 1.82) is 0 Å². The zero-order chi connectivity index (χ0) is 69.4. The second kappa shape index (κ2) is 30.7. The van der Waals surface area contributed by atoms with Crippen LogP contribution in [0.4, 0.5) is 0 Å². The Morgan fingerprint density at radius 1 is 0.208 bits per heavy atom. The summed E-state index contributed by atoms with van der Waals surface area (Å²) < 4.78 is 47.1. The Bertz CT molecular complexity index is 3210. The van der Waals surface area contributed by atoms with Crippen molar-refractivity contribution >= 4 is 49.9 Å². The van der Waals surface area contributed by atoms with Gasteiger partial charge in [-0.2, -0.15) is 0 Å². The molecule has 21 rings (SSSR count). The van der Waals surface area contributed by atoms with Crippen LogP contribution in [0.1, 0.15) is 158 Å². The standard InChI is InChI=1S/C82H120N2O6Si6/c1-19-91(20-2,21-3)85-77-53-57-79(58-54-77,87-93(25-7,26-8)27-9)71-45-47-72(48-46-71)80(88-94(28-10,29-11)30-12)59-55-78(56-60-80,86-92(22-4,23-5)24-6)70-43-39-68(40-44-70)76-52-50-74(66-84-76)82(90-96(34-16,35-17)36-18)63-61-81(62-64-82,89-95(31-13,32-14)33-15)73-49-51-75(83-65-73)67-37-41-69(77)42-38-67/h37-66H,19-36H2,1-18H3. The van der Waals surface area contributed by atoms with E-state index in [-0.39, 0.29) is 0 Å². The van der Waals surface area contributed by atoms with Crippen LogP contribution in [0, 0.1) is 0 Å². The van der Waals surface area contributed by atoms with Crippen molar-refractivity contribution in [2.45, 2.75) is 267 Å². The van der Waals surface area contributed by atoms with Crippen LogP contribution in [0.5, 0.6) is 0 Å². The van der Waals surface area contributed by atoms with Crippen LogP contribution in [0.25, 0.3) is 22.5 Å². The molecule has 8 nitrogen and oxygen atoms in total. The molecule has 5 aromatic rings. The first-order valence-electron chi connectivity index (χ1n) is 37.8. The molecule has 0 spiro atoms. The van der Waals surface area contributed by atoms with Gasteiger partial charge in [-0.15, -0.1) is 0 Å². The van der Waals surface area contributed by atoms with Gasteiger partial charge in [-0.05, 0) is 216 Å². The number of hydrogen-bond acceptors (Lipinski definition) is 8. The van der Waals surface area contributed by atoms with Crippen molar-refractivity contribution in [3.63, 3.8) is 0 Å². The summed E-state index contributed by atoms with van der Waals surface area (Å²) >= 11 is 0. The highest BCUT2D eigenvalue weighted by molar-refractivity contribution is 6.76. The van der Waals surface area contributed by atoms with Crippen LogP contribution in [0.2, 0.25) is 109 Å². The van der Waals surface area contributed by atoms with Crippen LogP contribution >= 0.6 is 0 Å². The fourth-order valence-electron chi connectivity index (χ4n) is 16.1. The highest BCUT2D eigenvalue weighted by Crippen LogP contribution is 2.51. The molecule has 0 unspecified atom stereocenters. The molecule has 0 atom stereocenters. The first kappa shape index (κ1) is 75.7. The van der Waals surface area contributed by atoms with E-state index in [1.54, 1.807) is 0 Å². The lowest BCUT2D eigenvalue weighted by Gasteiger charge is -2.46. The predicted octanol–water partition coefficient (Wildman–Crippen LogP) is 23.9. The zero-order valence-corrected chi connectivity index (χ0v) is 68.4. The molecule has 0 fully saturated rings. The fourth-order valence-corrected chi connectivity index (χ4v) is 33.5. The van der Waals surface area contributed by atoms with E-state index in [1.807, 2.05) is 0 Å². The van der Waals surface area contributed by atoms with Gasteiger partial charge in [0.25, 0.3) is 0 Å². The van der Waals surface area contributed by atoms with E-state index in [4.69, 9.17) is 36.5 Å². The van der Waals surface area contributed by atoms with E-state index >= 15 is 0 Å². The molecule has 0 saturated heterocycles. The minimum absolute atomic E-state index is 0.820. The third kappa shape index (κ3) is 14.3. The van der Waals surface area contributed by atoms with Gasteiger partial charge in [0.05, 0.1) is 11.4 Å². The Hall–Kier alpha value is -4.54. The molecule has 518 valence electrons. The van der Waals surface area contributed by atoms with Gasteiger partial charge in [0, 0.05) is 34.6 Å². The average Bonchev–Trinajstić information content (AvgIpc) is 0.748. The Balaban J connectivity index is 1.30. The van der Waals surface area contributed by atoms with Crippen molar-refractivity contribution < 1.29 is 26.6 Å². The number of rotatable bonds is 30. The monoisotopic (exact) mass is 1400 g/mol. The van der Waals surface area contributed by atoms with E-state index in [9.17, 15) is 0 Å². The van der Waals surface area contributed by atoms with Crippen molar-refractivity contribution in [2.75, 3.05) is 0 Å². The maximum atomic E-state index is 7.92. The molecule has 3 aromatic carbocycles. The average molecular weight is 1400 g/mol. The minimum atomic E-state index is -2.27. The van der Waals surface area contributed by atoms with E-state index in [0.29, 0.717) is 0 Å². The molecule has 4 aliphatic heterocycles. The quantitative estimate of drug-likeness (QED) is 0.0332. The first-order chi connectivity index (χ1) is 46.1. The number of pyridine rings is 2. The third-order valence-corrected chi connectivity index (χ3v) is 52.7. The number of aromatic nitrogens is 2. The topological polar surface area (TPSA) is 81.2 Å². The molecule has 96 heavy (non-hydrogen) atoms. The Morgan fingerprint density at radius 3 is 0.500 bits per heavy atom. The summed E-state index contributed by atoms with van der Waals surface area (Å²) in [6, 6.07) is 54.6. The van der Waals surface area contributed by atoms with Crippen LogP contribution in [-0.2, 0) is 60.2 Å². The van der Waals surface area contributed by atoms with Crippen molar-refractivity contribution in [2.24, 2.45) is 0 Å². The summed E-state index contributed by atoms with van der Waals surface area (Å²) in [5, 5.41) is 0. The highest BCUT2D eigenvalue weighted by atomic mass is 28.4. The van der Waals surface area contributed by atoms with Crippen molar-refractivity contribution in [3.8, 4) is 22.5 Å².